The van der Waals surface area contributed by atoms with E-state index in [2.05, 4.69) is 0 Å². The monoisotopic (exact) mass is 760 g/mol. The molecule has 0 spiro atoms. The van der Waals surface area contributed by atoms with E-state index in [9.17, 15) is 23.9 Å². The second-order valence-corrected chi connectivity index (χ2v) is 15.2. The molecule has 2 heterocycles. The highest BCUT2D eigenvalue weighted by molar-refractivity contribution is 5.83. The lowest BCUT2D eigenvalue weighted by Gasteiger charge is -2.43. The number of aliphatic hydroxyl groups is 1. The average Bonchev–Trinajstić information content (AvgIpc) is 3.65. The van der Waals surface area contributed by atoms with Gasteiger partial charge in [-0.15, -0.1) is 0 Å². The molecule has 0 aliphatic carbocycles. The van der Waals surface area contributed by atoms with Crippen LogP contribution in [0.2, 0.25) is 0 Å². The van der Waals surface area contributed by atoms with E-state index in [4.69, 9.17) is 23.9 Å². The Bertz CT molecular complexity index is 1780. The highest BCUT2D eigenvalue weighted by Crippen LogP contribution is 2.43. The minimum absolute atomic E-state index is 0.000123. The quantitative estimate of drug-likeness (QED) is 0.140. The SMILES string of the molecule is COCOc1cccc(Cn2cc(-c3cc(F)ccc3F)nc2[C@H](N(CC2CN(C(=O)OC(C)(C)C)CC2F)C(=O)[C@H](C)OC(C)=O)C(C)(C)CCO)c1. The van der Waals surface area contributed by atoms with E-state index >= 15 is 8.78 Å². The van der Waals surface area contributed by atoms with E-state index in [-0.39, 0.29) is 63.1 Å². The van der Waals surface area contributed by atoms with Gasteiger partial charge in [0.25, 0.3) is 5.91 Å². The minimum Gasteiger partial charge on any atom is -0.468 e. The molecule has 15 heteroatoms. The normalized spacial score (nSPS) is 17.2. The van der Waals surface area contributed by atoms with Crippen molar-refractivity contribution < 1.29 is 51.6 Å². The number of hydrogen-bond donors (Lipinski definition) is 1. The van der Waals surface area contributed by atoms with Crippen molar-refractivity contribution in [3.05, 3.63) is 71.7 Å². The van der Waals surface area contributed by atoms with Crippen LogP contribution in [0.5, 0.6) is 5.75 Å². The van der Waals surface area contributed by atoms with Crippen LogP contribution in [-0.4, -0.2) is 100 Å². The smallest absolute Gasteiger partial charge is 0.410 e. The summed E-state index contributed by atoms with van der Waals surface area (Å²) < 4.78 is 69.0. The maximum absolute atomic E-state index is 15.9. The molecule has 1 aliphatic rings. The second kappa shape index (κ2) is 17.7. The van der Waals surface area contributed by atoms with Gasteiger partial charge in [-0.1, -0.05) is 26.0 Å². The number of aliphatic hydroxyl groups excluding tert-OH is 1. The first kappa shape index (κ1) is 42.1. The van der Waals surface area contributed by atoms with Crippen LogP contribution in [-0.2, 0) is 30.3 Å². The summed E-state index contributed by atoms with van der Waals surface area (Å²) in [6.45, 7) is 10.4. The Balaban J connectivity index is 1.91. The fourth-order valence-electron chi connectivity index (χ4n) is 6.58. The largest absolute Gasteiger partial charge is 0.468 e. The number of ether oxygens (including phenoxy) is 4. The third-order valence-corrected chi connectivity index (χ3v) is 9.08. The van der Waals surface area contributed by atoms with Crippen LogP contribution >= 0.6 is 0 Å². The lowest BCUT2D eigenvalue weighted by molar-refractivity contribution is -0.161. The molecule has 2 amide bonds. The van der Waals surface area contributed by atoms with Gasteiger partial charge in [0.15, 0.2) is 12.9 Å². The van der Waals surface area contributed by atoms with Gasteiger partial charge in [-0.3, -0.25) is 9.59 Å². The van der Waals surface area contributed by atoms with Crippen molar-refractivity contribution in [2.24, 2.45) is 11.3 Å². The molecule has 3 aromatic rings. The summed E-state index contributed by atoms with van der Waals surface area (Å²) in [4.78, 5) is 47.0. The van der Waals surface area contributed by atoms with E-state index in [1.165, 1.54) is 30.0 Å². The van der Waals surface area contributed by atoms with Crippen LogP contribution in [0, 0.1) is 23.0 Å². The molecule has 2 aromatic carbocycles. The molecule has 12 nitrogen and oxygen atoms in total. The van der Waals surface area contributed by atoms with Crippen LogP contribution in [0.4, 0.5) is 18.0 Å². The number of carbonyl (C=O) groups excluding carboxylic acids is 3. The van der Waals surface area contributed by atoms with Gasteiger partial charge in [0.05, 0.1) is 18.3 Å². The van der Waals surface area contributed by atoms with E-state index in [1.54, 1.807) is 57.4 Å². The van der Waals surface area contributed by atoms with Crippen LogP contribution < -0.4 is 4.74 Å². The van der Waals surface area contributed by atoms with Crippen molar-refractivity contribution in [2.75, 3.05) is 40.1 Å². The lowest BCUT2D eigenvalue weighted by Crippen LogP contribution is -2.50. The van der Waals surface area contributed by atoms with Crippen molar-refractivity contribution in [3.8, 4) is 17.0 Å². The third kappa shape index (κ3) is 10.7. The zero-order valence-electron chi connectivity index (χ0n) is 32.1. The highest BCUT2D eigenvalue weighted by atomic mass is 19.1. The summed E-state index contributed by atoms with van der Waals surface area (Å²) in [7, 11) is 1.49. The Hall–Kier alpha value is -4.63. The van der Waals surface area contributed by atoms with Crippen LogP contribution in [0.25, 0.3) is 11.3 Å². The van der Waals surface area contributed by atoms with E-state index in [1.807, 2.05) is 6.07 Å². The number of benzene rings is 2. The predicted octanol–water partition coefficient (Wildman–Crippen LogP) is 6.29. The topological polar surface area (TPSA) is 133 Å². The number of aromatic nitrogens is 2. The molecule has 4 rings (SSSR count). The van der Waals surface area contributed by atoms with Gasteiger partial charge >= 0.3 is 12.1 Å². The van der Waals surface area contributed by atoms with Crippen LogP contribution in [0.1, 0.15) is 72.3 Å². The first-order valence-corrected chi connectivity index (χ1v) is 17.8. The molecule has 0 bridgehead atoms. The number of alkyl halides is 1. The number of carbonyl (C=O) groups is 3. The van der Waals surface area contributed by atoms with Gasteiger partial charge in [-0.05, 0) is 75.4 Å². The van der Waals surface area contributed by atoms with Crippen molar-refractivity contribution >= 4 is 18.0 Å². The number of rotatable bonds is 15. The van der Waals surface area contributed by atoms with Crippen LogP contribution in [0.15, 0.2) is 48.7 Å². The van der Waals surface area contributed by atoms with Gasteiger partial charge in [0.2, 0.25) is 0 Å². The Morgan fingerprint density at radius 2 is 1.80 bits per heavy atom. The molecule has 0 radical (unpaired) electrons. The summed E-state index contributed by atoms with van der Waals surface area (Å²) in [6.07, 6.45) is -1.94. The van der Waals surface area contributed by atoms with Gasteiger partial charge in [0, 0.05) is 58.0 Å². The van der Waals surface area contributed by atoms with Gasteiger partial charge < -0.3 is 38.4 Å². The number of esters is 1. The lowest BCUT2D eigenvalue weighted by atomic mass is 9.79. The molecule has 1 saturated heterocycles. The zero-order valence-corrected chi connectivity index (χ0v) is 32.1. The number of amides is 2. The molecule has 2 unspecified atom stereocenters. The Kier molecular flexibility index (Phi) is 13.8. The van der Waals surface area contributed by atoms with Crippen molar-refractivity contribution in [1.82, 2.24) is 19.4 Å². The first-order valence-electron chi connectivity index (χ1n) is 17.8. The maximum Gasteiger partial charge on any atom is 0.410 e. The van der Waals surface area contributed by atoms with E-state index in [0.29, 0.717) is 11.3 Å². The number of nitrogens with zero attached hydrogens (tertiary/aromatic N) is 4. The van der Waals surface area contributed by atoms with Gasteiger partial charge in [0.1, 0.15) is 35.0 Å². The summed E-state index contributed by atoms with van der Waals surface area (Å²) >= 11 is 0. The molecular weight excluding hydrogens is 709 g/mol. The number of imidazole rings is 1. The van der Waals surface area contributed by atoms with E-state index in [0.717, 1.165) is 25.1 Å². The predicted molar refractivity (Wildman–Crippen MR) is 193 cm³/mol. The molecule has 1 aliphatic heterocycles. The summed E-state index contributed by atoms with van der Waals surface area (Å²) in [5.74, 6) is -3.04. The number of methoxy groups -OCH3 is 1. The molecule has 4 atom stereocenters. The second-order valence-electron chi connectivity index (χ2n) is 15.2. The van der Waals surface area contributed by atoms with Gasteiger partial charge in [-0.25, -0.2) is 22.9 Å². The van der Waals surface area contributed by atoms with E-state index < -0.39 is 64.9 Å². The summed E-state index contributed by atoms with van der Waals surface area (Å²) in [5, 5.41) is 10.3. The Morgan fingerprint density at radius 3 is 2.44 bits per heavy atom. The molecular formula is C39H51F3N4O8. The summed E-state index contributed by atoms with van der Waals surface area (Å²) in [6, 6.07) is 9.02. The zero-order chi connectivity index (χ0) is 40.0. The molecule has 1 aromatic heterocycles. The fourth-order valence-corrected chi connectivity index (χ4v) is 6.58. The third-order valence-electron chi connectivity index (χ3n) is 9.08. The molecule has 296 valence electrons. The van der Waals surface area contributed by atoms with Crippen molar-refractivity contribution in [3.63, 3.8) is 0 Å². The van der Waals surface area contributed by atoms with Crippen LogP contribution in [0.3, 0.4) is 0 Å². The molecule has 54 heavy (non-hydrogen) atoms. The molecule has 1 N–H and O–H groups in total. The minimum atomic E-state index is -1.56. The fraction of sp³-hybridized carbons (Fsp3) is 0.538. The Labute approximate surface area is 314 Å². The summed E-state index contributed by atoms with van der Waals surface area (Å²) in [5.41, 5.74) is -1.21. The molecule has 1 fully saturated rings. The number of likely N-dealkylation sites (tertiary alicyclic amines) is 1. The van der Waals surface area contributed by atoms with Crippen molar-refractivity contribution in [2.45, 2.75) is 85.4 Å². The van der Waals surface area contributed by atoms with Gasteiger partial charge in [-0.2, -0.15) is 0 Å². The maximum atomic E-state index is 15.9. The average molecular weight is 761 g/mol. The first-order chi connectivity index (χ1) is 25.3. The number of halogens is 3. The number of hydrogen-bond acceptors (Lipinski definition) is 9. The highest BCUT2D eigenvalue weighted by Gasteiger charge is 2.46. The standard InChI is InChI=1S/C39H51F3N4O8/c1-24(53-25(2)48)36(49)46(20-27-19-45(21-32(27)42)37(50)54-38(3,4)5)34(39(6,7)14-15-47)35-43-33(30-17-28(40)12-13-31(30)41)22-44(35)18-26-10-9-11-29(16-26)52-23-51-8/h9-13,16-17,22,24,27,32,34,47H,14-15,18-21,23H2,1-8H3/t24-,27?,32?,34-/m0/s1. The van der Waals surface area contributed by atoms with Crippen molar-refractivity contribution in [1.29, 1.82) is 0 Å². The molecule has 0 saturated carbocycles. The Morgan fingerprint density at radius 1 is 1.07 bits per heavy atom.